The van der Waals surface area contributed by atoms with E-state index in [1.165, 1.54) is 18.4 Å². The fourth-order valence-corrected chi connectivity index (χ4v) is 1.50. The van der Waals surface area contributed by atoms with Gasteiger partial charge in [-0.3, -0.25) is 10.1 Å². The number of nitro groups is 1. The molecular formula is C11H6F3NO4. The molecule has 0 atom stereocenters. The summed E-state index contributed by atoms with van der Waals surface area (Å²) in [6, 6.07) is 5.80. The lowest BCUT2D eigenvalue weighted by Crippen LogP contribution is -2.17. The molecule has 1 heterocycles. The highest BCUT2D eigenvalue weighted by Gasteiger charge is 2.32. The Morgan fingerprint density at radius 1 is 1.26 bits per heavy atom. The van der Waals surface area contributed by atoms with E-state index in [1.807, 2.05) is 0 Å². The number of hydrogen-bond donors (Lipinski definition) is 0. The molecule has 0 fully saturated rings. The number of hydrogen-bond acceptors (Lipinski definition) is 4. The second-order valence-electron chi connectivity index (χ2n) is 3.46. The van der Waals surface area contributed by atoms with Gasteiger partial charge >= 0.3 is 6.36 Å². The maximum absolute atomic E-state index is 12.0. The topological polar surface area (TPSA) is 65.5 Å². The Hall–Kier alpha value is -2.51. The largest absolute Gasteiger partial charge is 0.573 e. The number of nitro benzene ring substituents is 1. The Morgan fingerprint density at radius 3 is 2.53 bits per heavy atom. The first-order chi connectivity index (χ1) is 8.87. The van der Waals surface area contributed by atoms with Crippen LogP contribution in [0.25, 0.3) is 11.3 Å². The highest BCUT2D eigenvalue weighted by atomic mass is 19.4. The van der Waals surface area contributed by atoms with Crippen molar-refractivity contribution in [1.29, 1.82) is 0 Å². The smallest absolute Gasteiger partial charge is 0.464 e. The second kappa shape index (κ2) is 4.63. The molecule has 0 spiro atoms. The van der Waals surface area contributed by atoms with Crippen LogP contribution in [0.4, 0.5) is 18.9 Å². The van der Waals surface area contributed by atoms with E-state index in [9.17, 15) is 23.3 Å². The van der Waals surface area contributed by atoms with E-state index >= 15 is 0 Å². The molecule has 0 unspecified atom stereocenters. The van der Waals surface area contributed by atoms with Crippen molar-refractivity contribution in [3.05, 3.63) is 46.7 Å². The summed E-state index contributed by atoms with van der Waals surface area (Å²) in [6.45, 7) is 0. The minimum Gasteiger partial charge on any atom is -0.464 e. The van der Waals surface area contributed by atoms with Crippen LogP contribution in [0.1, 0.15) is 0 Å². The Kier molecular flexibility index (Phi) is 3.16. The summed E-state index contributed by atoms with van der Waals surface area (Å²) in [4.78, 5) is 10.1. The number of rotatable bonds is 3. The first kappa shape index (κ1) is 12.9. The summed E-state index contributed by atoms with van der Waals surface area (Å²) in [5.74, 6) is -0.472. The van der Waals surface area contributed by atoms with Crippen molar-refractivity contribution in [3.8, 4) is 17.1 Å². The standard InChI is InChI=1S/C11H6F3NO4/c12-11(13,14)19-7-3-4-8(9(6-7)15(16)17)10-2-1-5-18-10/h1-6H. The Morgan fingerprint density at radius 2 is 2.00 bits per heavy atom. The van der Waals surface area contributed by atoms with E-state index in [2.05, 4.69) is 4.74 Å². The molecule has 0 N–H and O–H groups in total. The number of ether oxygens (including phenoxy) is 1. The van der Waals surface area contributed by atoms with Crippen LogP contribution < -0.4 is 4.74 Å². The number of alkyl halides is 3. The normalized spacial score (nSPS) is 11.3. The van der Waals surface area contributed by atoms with Gasteiger partial charge in [-0.15, -0.1) is 13.2 Å². The van der Waals surface area contributed by atoms with Crippen LogP contribution in [0.5, 0.6) is 5.75 Å². The third-order valence-electron chi connectivity index (χ3n) is 2.19. The van der Waals surface area contributed by atoms with Crippen molar-refractivity contribution in [2.75, 3.05) is 0 Å². The summed E-state index contributed by atoms with van der Waals surface area (Å²) in [5, 5.41) is 10.9. The molecule has 0 amide bonds. The van der Waals surface area contributed by atoms with E-state index in [4.69, 9.17) is 4.42 Å². The van der Waals surface area contributed by atoms with Crippen LogP contribution in [0.2, 0.25) is 0 Å². The zero-order valence-electron chi connectivity index (χ0n) is 9.18. The maximum atomic E-state index is 12.0. The zero-order valence-corrected chi connectivity index (χ0v) is 9.18. The number of benzene rings is 1. The predicted molar refractivity (Wildman–Crippen MR) is 57.5 cm³/mol. The van der Waals surface area contributed by atoms with Crippen LogP contribution >= 0.6 is 0 Å². The predicted octanol–water partition coefficient (Wildman–Crippen LogP) is 3.75. The van der Waals surface area contributed by atoms with Gasteiger partial charge in [0.25, 0.3) is 5.69 Å². The van der Waals surface area contributed by atoms with Gasteiger partial charge in [0.15, 0.2) is 0 Å². The molecule has 0 saturated heterocycles. The van der Waals surface area contributed by atoms with Crippen LogP contribution in [0, 0.1) is 10.1 Å². The van der Waals surface area contributed by atoms with Crippen LogP contribution in [-0.4, -0.2) is 11.3 Å². The third-order valence-corrected chi connectivity index (χ3v) is 2.19. The SMILES string of the molecule is O=[N+]([O-])c1cc(OC(F)(F)F)ccc1-c1ccco1. The van der Waals surface area contributed by atoms with Crippen molar-refractivity contribution >= 4 is 5.69 Å². The molecule has 0 saturated carbocycles. The molecular weight excluding hydrogens is 267 g/mol. The number of nitrogens with zero attached hydrogens (tertiary/aromatic N) is 1. The fourth-order valence-electron chi connectivity index (χ4n) is 1.50. The third kappa shape index (κ3) is 3.03. The molecule has 0 radical (unpaired) electrons. The lowest BCUT2D eigenvalue weighted by Gasteiger charge is -2.09. The van der Waals surface area contributed by atoms with Gasteiger partial charge < -0.3 is 9.15 Å². The fraction of sp³-hybridized carbons (Fsp3) is 0.0909. The van der Waals surface area contributed by atoms with Gasteiger partial charge in [-0.1, -0.05) is 0 Å². The van der Waals surface area contributed by atoms with Crippen molar-refractivity contribution in [3.63, 3.8) is 0 Å². The molecule has 1 aromatic carbocycles. The van der Waals surface area contributed by atoms with Crippen molar-refractivity contribution in [2.24, 2.45) is 0 Å². The highest BCUT2D eigenvalue weighted by Crippen LogP contribution is 2.34. The Balaban J connectivity index is 2.45. The molecule has 2 rings (SSSR count). The maximum Gasteiger partial charge on any atom is 0.573 e. The van der Waals surface area contributed by atoms with Crippen LogP contribution in [0.15, 0.2) is 41.0 Å². The van der Waals surface area contributed by atoms with E-state index in [0.717, 1.165) is 12.1 Å². The zero-order chi connectivity index (χ0) is 14.0. The second-order valence-corrected chi connectivity index (χ2v) is 3.46. The average Bonchev–Trinajstić information content (AvgIpc) is 2.80. The Bertz CT molecular complexity index is 592. The van der Waals surface area contributed by atoms with Gasteiger partial charge in [0.05, 0.1) is 22.8 Å². The molecule has 100 valence electrons. The van der Waals surface area contributed by atoms with Gasteiger partial charge in [-0.2, -0.15) is 0 Å². The summed E-state index contributed by atoms with van der Waals surface area (Å²) in [6.07, 6.45) is -3.60. The van der Waals surface area contributed by atoms with Gasteiger partial charge in [0.1, 0.15) is 11.5 Å². The van der Waals surface area contributed by atoms with Crippen molar-refractivity contribution < 1.29 is 27.2 Å². The molecule has 0 aliphatic heterocycles. The molecule has 19 heavy (non-hydrogen) atoms. The van der Waals surface area contributed by atoms with E-state index < -0.39 is 22.7 Å². The van der Waals surface area contributed by atoms with Crippen LogP contribution in [-0.2, 0) is 0 Å². The van der Waals surface area contributed by atoms with Crippen molar-refractivity contribution in [1.82, 2.24) is 0 Å². The summed E-state index contributed by atoms with van der Waals surface area (Å²) in [5.41, 5.74) is -0.457. The van der Waals surface area contributed by atoms with E-state index in [1.54, 1.807) is 0 Å². The molecule has 0 bridgehead atoms. The van der Waals surface area contributed by atoms with Gasteiger partial charge in [0.2, 0.25) is 0 Å². The van der Waals surface area contributed by atoms with Gasteiger partial charge in [-0.25, -0.2) is 0 Å². The number of halogens is 3. The lowest BCUT2D eigenvalue weighted by atomic mass is 10.1. The van der Waals surface area contributed by atoms with Crippen molar-refractivity contribution in [2.45, 2.75) is 6.36 Å². The molecule has 0 aliphatic rings. The van der Waals surface area contributed by atoms with Gasteiger partial charge in [-0.05, 0) is 24.3 Å². The number of furan rings is 1. The summed E-state index contributed by atoms with van der Waals surface area (Å²) < 4.78 is 44.7. The minimum absolute atomic E-state index is 0.0736. The minimum atomic E-state index is -4.90. The first-order valence-electron chi connectivity index (χ1n) is 4.95. The Labute approximate surface area is 104 Å². The molecule has 1 aromatic heterocycles. The van der Waals surface area contributed by atoms with E-state index in [-0.39, 0.29) is 11.3 Å². The quantitative estimate of drug-likeness (QED) is 0.631. The van der Waals surface area contributed by atoms with Crippen LogP contribution in [0.3, 0.4) is 0 Å². The molecule has 8 heteroatoms. The lowest BCUT2D eigenvalue weighted by molar-refractivity contribution is -0.384. The molecule has 0 aliphatic carbocycles. The highest BCUT2D eigenvalue weighted by molar-refractivity contribution is 5.70. The first-order valence-corrected chi connectivity index (χ1v) is 4.95. The van der Waals surface area contributed by atoms with E-state index in [0.29, 0.717) is 6.07 Å². The van der Waals surface area contributed by atoms with Gasteiger partial charge in [0, 0.05) is 0 Å². The molecule has 2 aromatic rings. The summed E-state index contributed by atoms with van der Waals surface area (Å²) in [7, 11) is 0. The monoisotopic (exact) mass is 273 g/mol. The summed E-state index contributed by atoms with van der Waals surface area (Å²) >= 11 is 0. The average molecular weight is 273 g/mol. The molecule has 5 nitrogen and oxygen atoms in total.